The summed E-state index contributed by atoms with van der Waals surface area (Å²) in [7, 11) is 2.19. The number of hydrogen-bond acceptors (Lipinski definition) is 10. The lowest BCUT2D eigenvalue weighted by molar-refractivity contribution is -0.166. The minimum absolute atomic E-state index is 0.0318. The van der Waals surface area contributed by atoms with Gasteiger partial charge in [-0.3, -0.25) is 9.88 Å². The zero-order valence-electron chi connectivity index (χ0n) is 20.7. The largest absolute Gasteiger partial charge is 0.387 e. The van der Waals surface area contributed by atoms with E-state index in [0.717, 1.165) is 0 Å². The Balaban J connectivity index is 0.000000275. The fourth-order valence-corrected chi connectivity index (χ4v) is 3.73. The van der Waals surface area contributed by atoms with Gasteiger partial charge in [-0.1, -0.05) is 42.5 Å². The first-order valence-corrected chi connectivity index (χ1v) is 11.9. The van der Waals surface area contributed by atoms with Crippen molar-refractivity contribution in [3.05, 3.63) is 102 Å². The Hall–Kier alpha value is -4.25. The predicted molar refractivity (Wildman–Crippen MR) is 135 cm³/mol. The second kappa shape index (κ2) is 13.9. The SMILES string of the molecule is CN1CCC[C@H]1c1cccnc1.O=C(OC(=O)C(O)C(O)C(=O)OC(=O)c1ccccc1)c1ccccc1. The average molecular weight is 521 g/mol. The lowest BCUT2D eigenvalue weighted by atomic mass is 10.1. The van der Waals surface area contributed by atoms with Crippen molar-refractivity contribution in [1.82, 2.24) is 9.88 Å². The number of carbonyl (C=O) groups is 4. The molecule has 0 spiro atoms. The number of likely N-dealkylation sites (tertiary alicyclic amines) is 1. The Bertz CT molecular complexity index is 1150. The Kier molecular flexibility index (Phi) is 10.4. The predicted octanol–water partition coefficient (Wildman–Crippen LogP) is 2.32. The second-order valence-electron chi connectivity index (χ2n) is 8.46. The molecule has 4 rings (SSSR count). The minimum Gasteiger partial charge on any atom is -0.387 e. The monoisotopic (exact) mass is 520 g/mol. The quantitative estimate of drug-likeness (QED) is 0.367. The van der Waals surface area contributed by atoms with E-state index in [1.54, 1.807) is 12.1 Å². The first kappa shape index (κ1) is 28.3. The number of aliphatic hydroxyl groups is 2. The molecule has 2 N–H and O–H groups in total. The van der Waals surface area contributed by atoms with Gasteiger partial charge in [0, 0.05) is 18.4 Å². The maximum absolute atomic E-state index is 11.7. The highest BCUT2D eigenvalue weighted by atomic mass is 16.6. The van der Waals surface area contributed by atoms with E-state index in [1.165, 1.54) is 73.5 Å². The lowest BCUT2D eigenvalue weighted by Crippen LogP contribution is -2.43. The van der Waals surface area contributed by atoms with E-state index >= 15 is 0 Å². The number of esters is 4. The molecule has 0 bridgehead atoms. The molecule has 2 unspecified atom stereocenters. The summed E-state index contributed by atoms with van der Waals surface area (Å²) in [5.74, 6) is -5.27. The van der Waals surface area contributed by atoms with Crippen molar-refractivity contribution in [3.8, 4) is 0 Å². The average Bonchev–Trinajstić information content (AvgIpc) is 3.39. The first-order chi connectivity index (χ1) is 18.3. The van der Waals surface area contributed by atoms with Crippen LogP contribution in [0.1, 0.15) is 45.2 Å². The van der Waals surface area contributed by atoms with Crippen LogP contribution >= 0.6 is 0 Å². The molecule has 0 saturated carbocycles. The standard InChI is InChI=1S/C18H14O8.C10H14N2/c19-13(17(23)25-15(21)11-7-3-1-4-8-11)14(20)18(24)26-16(22)12-9-5-2-6-10-12;1-12-7-3-5-10(12)9-4-2-6-11-8-9/h1-10,13-14,19-20H;2,4,6,8,10H,3,5,7H2,1H3/t;10-/m.0/s1. The topological polar surface area (TPSA) is 143 Å². The Morgan fingerprint density at radius 2 is 1.32 bits per heavy atom. The molecule has 1 aromatic heterocycles. The fourth-order valence-electron chi connectivity index (χ4n) is 3.73. The van der Waals surface area contributed by atoms with Gasteiger partial charge in [0.15, 0.2) is 12.2 Å². The molecule has 1 aliphatic rings. The van der Waals surface area contributed by atoms with Crippen molar-refractivity contribution in [3.63, 3.8) is 0 Å². The molecule has 1 fully saturated rings. The van der Waals surface area contributed by atoms with Gasteiger partial charge in [0.1, 0.15) is 0 Å². The van der Waals surface area contributed by atoms with Crippen LogP contribution in [-0.2, 0) is 19.1 Å². The molecule has 3 atom stereocenters. The van der Waals surface area contributed by atoms with Gasteiger partial charge >= 0.3 is 23.9 Å². The van der Waals surface area contributed by atoms with E-state index in [0.29, 0.717) is 6.04 Å². The summed E-state index contributed by atoms with van der Waals surface area (Å²) in [5, 5.41) is 19.3. The normalized spacial score (nSPS) is 16.3. The summed E-state index contributed by atoms with van der Waals surface area (Å²) in [6.07, 6.45) is 1.60. The van der Waals surface area contributed by atoms with E-state index in [1.807, 2.05) is 18.5 Å². The fraction of sp³-hybridized carbons (Fsp3) is 0.250. The lowest BCUT2D eigenvalue weighted by Gasteiger charge is -2.18. The van der Waals surface area contributed by atoms with Gasteiger partial charge in [-0.2, -0.15) is 0 Å². The van der Waals surface area contributed by atoms with Crippen molar-refractivity contribution >= 4 is 23.9 Å². The van der Waals surface area contributed by atoms with Crippen LogP contribution in [0.25, 0.3) is 0 Å². The van der Waals surface area contributed by atoms with Crippen molar-refractivity contribution < 1.29 is 38.9 Å². The summed E-state index contributed by atoms with van der Waals surface area (Å²) in [6, 6.07) is 19.6. The van der Waals surface area contributed by atoms with Crippen LogP contribution in [0.3, 0.4) is 0 Å². The Morgan fingerprint density at radius 3 is 1.71 bits per heavy atom. The minimum atomic E-state index is -2.40. The zero-order chi connectivity index (χ0) is 27.5. The maximum Gasteiger partial charge on any atom is 0.346 e. The van der Waals surface area contributed by atoms with Gasteiger partial charge in [0.2, 0.25) is 0 Å². The number of carbonyl (C=O) groups excluding carboxylic acids is 4. The second-order valence-corrected chi connectivity index (χ2v) is 8.46. The molecule has 2 heterocycles. The van der Waals surface area contributed by atoms with Crippen molar-refractivity contribution in [2.24, 2.45) is 0 Å². The molecule has 2 aromatic carbocycles. The Morgan fingerprint density at radius 1 is 0.816 bits per heavy atom. The number of aromatic nitrogens is 1. The van der Waals surface area contributed by atoms with Crippen molar-refractivity contribution in [1.29, 1.82) is 0 Å². The van der Waals surface area contributed by atoms with Crippen LogP contribution in [0.4, 0.5) is 0 Å². The zero-order valence-corrected chi connectivity index (χ0v) is 20.7. The number of rotatable bonds is 6. The van der Waals surface area contributed by atoms with E-state index in [2.05, 4.69) is 32.5 Å². The summed E-state index contributed by atoms with van der Waals surface area (Å²) >= 11 is 0. The number of ether oxygens (including phenoxy) is 2. The molecule has 1 aliphatic heterocycles. The summed E-state index contributed by atoms with van der Waals surface area (Å²) < 4.78 is 8.76. The van der Waals surface area contributed by atoms with Crippen LogP contribution in [0.5, 0.6) is 0 Å². The number of hydrogen-bond donors (Lipinski definition) is 2. The number of benzene rings is 2. The molecule has 198 valence electrons. The third kappa shape index (κ3) is 7.87. The van der Waals surface area contributed by atoms with Gasteiger partial charge < -0.3 is 19.7 Å². The third-order valence-electron chi connectivity index (χ3n) is 5.78. The van der Waals surface area contributed by atoms with Crippen LogP contribution < -0.4 is 0 Å². The van der Waals surface area contributed by atoms with E-state index < -0.39 is 36.1 Å². The van der Waals surface area contributed by atoms with E-state index in [9.17, 15) is 29.4 Å². The van der Waals surface area contributed by atoms with E-state index in [-0.39, 0.29) is 11.1 Å². The highest BCUT2D eigenvalue weighted by Gasteiger charge is 2.35. The van der Waals surface area contributed by atoms with Crippen LogP contribution in [0, 0.1) is 0 Å². The summed E-state index contributed by atoms with van der Waals surface area (Å²) in [6.45, 7) is 1.22. The van der Waals surface area contributed by atoms with Gasteiger partial charge in [-0.15, -0.1) is 0 Å². The maximum atomic E-state index is 11.7. The molecule has 0 radical (unpaired) electrons. The molecule has 10 nitrogen and oxygen atoms in total. The van der Waals surface area contributed by atoms with Crippen LogP contribution in [0.15, 0.2) is 85.2 Å². The molecular weight excluding hydrogens is 492 g/mol. The molecule has 0 amide bonds. The highest BCUT2D eigenvalue weighted by Crippen LogP contribution is 2.29. The van der Waals surface area contributed by atoms with Gasteiger partial charge in [0.25, 0.3) is 0 Å². The summed E-state index contributed by atoms with van der Waals surface area (Å²) in [4.78, 5) is 53.3. The van der Waals surface area contributed by atoms with Gasteiger partial charge in [-0.25, -0.2) is 19.2 Å². The van der Waals surface area contributed by atoms with Crippen LogP contribution in [-0.4, -0.2) is 69.8 Å². The number of pyridine rings is 1. The van der Waals surface area contributed by atoms with Crippen molar-refractivity contribution in [2.75, 3.05) is 13.6 Å². The Labute approximate surface area is 219 Å². The summed E-state index contributed by atoms with van der Waals surface area (Å²) in [5.41, 5.74) is 1.42. The molecule has 1 saturated heterocycles. The van der Waals surface area contributed by atoms with E-state index in [4.69, 9.17) is 0 Å². The highest BCUT2D eigenvalue weighted by molar-refractivity contribution is 6.01. The van der Waals surface area contributed by atoms with Crippen LogP contribution in [0.2, 0.25) is 0 Å². The van der Waals surface area contributed by atoms with Gasteiger partial charge in [0.05, 0.1) is 11.1 Å². The van der Waals surface area contributed by atoms with Crippen molar-refractivity contribution in [2.45, 2.75) is 31.1 Å². The number of aliphatic hydroxyl groups excluding tert-OH is 2. The third-order valence-corrected chi connectivity index (χ3v) is 5.78. The smallest absolute Gasteiger partial charge is 0.346 e. The number of nitrogens with zero attached hydrogens (tertiary/aromatic N) is 2. The molecule has 38 heavy (non-hydrogen) atoms. The van der Waals surface area contributed by atoms with Gasteiger partial charge in [-0.05, 0) is 62.3 Å². The first-order valence-electron chi connectivity index (χ1n) is 11.9. The molecular formula is C28H28N2O8. The molecule has 10 heteroatoms. The molecule has 0 aliphatic carbocycles. The molecule has 3 aromatic rings.